The minimum atomic E-state index is 0.839. The Balaban J connectivity index is 2.10. The molecule has 18 heavy (non-hydrogen) atoms. The summed E-state index contributed by atoms with van der Waals surface area (Å²) in [6.07, 6.45) is 7.69. The summed E-state index contributed by atoms with van der Waals surface area (Å²) in [6.45, 7) is 0. The van der Waals surface area contributed by atoms with Crippen LogP contribution in [0.1, 0.15) is 0 Å². The summed E-state index contributed by atoms with van der Waals surface area (Å²) in [4.78, 5) is 0. The van der Waals surface area contributed by atoms with E-state index in [1.165, 1.54) is 0 Å². The van der Waals surface area contributed by atoms with Crippen molar-refractivity contribution in [2.75, 3.05) is 0 Å². The van der Waals surface area contributed by atoms with Crippen molar-refractivity contribution in [1.82, 2.24) is 19.1 Å². The van der Waals surface area contributed by atoms with Gasteiger partial charge in [0.2, 0.25) is 11.8 Å². The highest BCUT2D eigenvalue weighted by Crippen LogP contribution is 2.08. The lowest BCUT2D eigenvalue weighted by atomic mass is 10.4. The largest absolute Gasteiger partial charge is 0.283 e. The zero-order chi connectivity index (χ0) is 11.9. The van der Waals surface area contributed by atoms with Gasteiger partial charge in [0.25, 0.3) is 5.69 Å². The molecular weight excluding hydrogens is 226 g/mol. The number of fused-ring (bicyclic) bond motifs is 2. The van der Waals surface area contributed by atoms with Gasteiger partial charge in [0.05, 0.1) is 6.20 Å². The van der Waals surface area contributed by atoms with E-state index in [0.717, 1.165) is 16.9 Å². The first-order valence-corrected chi connectivity index (χ1v) is 5.70. The van der Waals surface area contributed by atoms with E-state index in [2.05, 4.69) is 31.5 Å². The Bertz CT molecular complexity index is 842. The average Bonchev–Trinajstić information content (AvgIpc) is 3.05. The molecule has 0 saturated carbocycles. The van der Waals surface area contributed by atoms with Crippen LogP contribution in [-0.4, -0.2) is 19.1 Å². The Labute approximate surface area is 103 Å². The lowest BCUT2D eigenvalue weighted by Gasteiger charge is -1.97. The maximum absolute atomic E-state index is 4.16. The van der Waals surface area contributed by atoms with E-state index in [9.17, 15) is 0 Å². The van der Waals surface area contributed by atoms with Gasteiger partial charge in [-0.15, -0.1) is 14.7 Å². The predicted octanol–water partition coefficient (Wildman–Crippen LogP) is 1.26. The van der Waals surface area contributed by atoms with Gasteiger partial charge in [-0.3, -0.25) is 4.40 Å². The van der Waals surface area contributed by atoms with Crippen LogP contribution in [0.25, 0.3) is 16.9 Å². The Morgan fingerprint density at radius 3 is 3.00 bits per heavy atom. The normalized spacial score (nSPS) is 11.3. The quantitative estimate of drug-likeness (QED) is 0.467. The zero-order valence-corrected chi connectivity index (χ0v) is 9.51. The molecule has 0 atom stereocenters. The Kier molecular flexibility index (Phi) is 1.77. The topological polar surface area (TPSA) is 38.5 Å². The molecule has 4 rings (SSSR count). The summed E-state index contributed by atoms with van der Waals surface area (Å²) in [5.74, 6) is 0. The van der Waals surface area contributed by atoms with Crippen LogP contribution in [0, 0.1) is 0 Å². The second-order valence-electron chi connectivity index (χ2n) is 4.09. The van der Waals surface area contributed by atoms with Crippen molar-refractivity contribution in [3.8, 4) is 5.69 Å². The second-order valence-corrected chi connectivity index (χ2v) is 4.09. The van der Waals surface area contributed by atoms with Gasteiger partial charge in [0.1, 0.15) is 11.8 Å². The molecule has 5 heteroatoms. The Morgan fingerprint density at radius 2 is 2.00 bits per heavy atom. The zero-order valence-electron chi connectivity index (χ0n) is 9.51. The molecule has 0 aliphatic rings. The molecular formula is C13H10N5+. The van der Waals surface area contributed by atoms with E-state index in [0.29, 0.717) is 0 Å². The van der Waals surface area contributed by atoms with Gasteiger partial charge < -0.3 is 0 Å². The molecule has 0 aliphatic carbocycles. The molecule has 0 saturated heterocycles. The van der Waals surface area contributed by atoms with Crippen LogP contribution in [0.3, 0.4) is 0 Å². The number of pyridine rings is 2. The first-order valence-electron chi connectivity index (χ1n) is 5.70. The summed E-state index contributed by atoms with van der Waals surface area (Å²) in [7, 11) is 0. The molecule has 0 unspecified atom stereocenters. The monoisotopic (exact) mass is 236 g/mol. The SMILES string of the molecule is c1ccn2c(c1)cc[n+]2-c1cccn2cnnc12. The lowest BCUT2D eigenvalue weighted by molar-refractivity contribution is -0.666. The number of hydrogen-bond acceptors (Lipinski definition) is 2. The van der Waals surface area contributed by atoms with Crippen LogP contribution in [-0.2, 0) is 0 Å². The van der Waals surface area contributed by atoms with Gasteiger partial charge in [0, 0.05) is 18.3 Å². The van der Waals surface area contributed by atoms with Gasteiger partial charge in [0.15, 0.2) is 0 Å². The Hall–Kier alpha value is -2.69. The molecule has 4 heterocycles. The van der Waals surface area contributed by atoms with E-state index in [1.54, 1.807) is 6.33 Å². The van der Waals surface area contributed by atoms with E-state index < -0.39 is 0 Å². The number of rotatable bonds is 1. The highest BCUT2D eigenvalue weighted by Gasteiger charge is 2.17. The van der Waals surface area contributed by atoms with Gasteiger partial charge in [-0.05, 0) is 18.2 Å². The first-order chi connectivity index (χ1) is 8.93. The molecule has 4 aromatic heterocycles. The number of nitrogens with zero attached hydrogens (tertiary/aromatic N) is 5. The molecule has 4 aromatic rings. The van der Waals surface area contributed by atoms with Crippen molar-refractivity contribution in [1.29, 1.82) is 0 Å². The molecule has 0 bridgehead atoms. The predicted molar refractivity (Wildman–Crippen MR) is 65.5 cm³/mol. The van der Waals surface area contributed by atoms with Gasteiger partial charge >= 0.3 is 0 Å². The van der Waals surface area contributed by atoms with Crippen LogP contribution in [0.2, 0.25) is 0 Å². The molecule has 0 N–H and O–H groups in total. The summed E-state index contributed by atoms with van der Waals surface area (Å²) < 4.78 is 6.04. The summed E-state index contributed by atoms with van der Waals surface area (Å²) >= 11 is 0. The first kappa shape index (κ1) is 9.35. The van der Waals surface area contributed by atoms with Crippen molar-refractivity contribution >= 4 is 11.2 Å². The molecule has 5 nitrogen and oxygen atoms in total. The standard InChI is InChI=1S/C13H10N5/c1-2-8-17-11(4-1)6-9-18(17)12-5-3-7-16-10-14-15-13(12)16/h1-10H/q+1. The van der Waals surface area contributed by atoms with Crippen LogP contribution >= 0.6 is 0 Å². The average molecular weight is 236 g/mol. The molecule has 0 fully saturated rings. The summed E-state index contributed by atoms with van der Waals surface area (Å²) in [5, 5.41) is 8.10. The van der Waals surface area contributed by atoms with Gasteiger partial charge in [-0.25, -0.2) is 0 Å². The highest BCUT2D eigenvalue weighted by atomic mass is 15.4. The van der Waals surface area contributed by atoms with Crippen molar-refractivity contribution in [3.05, 3.63) is 61.3 Å². The third kappa shape index (κ3) is 1.18. The molecule has 0 radical (unpaired) electrons. The van der Waals surface area contributed by atoms with Crippen LogP contribution in [0.15, 0.2) is 61.3 Å². The van der Waals surface area contributed by atoms with E-state index in [4.69, 9.17) is 0 Å². The van der Waals surface area contributed by atoms with Crippen LogP contribution in [0.4, 0.5) is 0 Å². The number of hydrogen-bond donors (Lipinski definition) is 0. The third-order valence-electron chi connectivity index (χ3n) is 3.04. The Morgan fingerprint density at radius 1 is 1.00 bits per heavy atom. The lowest BCUT2D eigenvalue weighted by Crippen LogP contribution is -2.36. The fourth-order valence-electron chi connectivity index (χ4n) is 2.21. The van der Waals surface area contributed by atoms with Crippen molar-refractivity contribution < 1.29 is 4.68 Å². The van der Waals surface area contributed by atoms with E-state index in [-0.39, 0.29) is 0 Å². The van der Waals surface area contributed by atoms with Crippen molar-refractivity contribution in [2.45, 2.75) is 0 Å². The maximum atomic E-state index is 4.16. The molecule has 0 aromatic carbocycles. The second kappa shape index (κ2) is 3.40. The minimum absolute atomic E-state index is 0.839. The fourth-order valence-corrected chi connectivity index (χ4v) is 2.21. The maximum Gasteiger partial charge on any atom is 0.281 e. The molecule has 0 spiro atoms. The molecule has 0 amide bonds. The van der Waals surface area contributed by atoms with Crippen LogP contribution < -0.4 is 4.68 Å². The smallest absolute Gasteiger partial charge is 0.281 e. The summed E-state index contributed by atoms with van der Waals surface area (Å²) in [5.41, 5.74) is 2.98. The molecule has 86 valence electrons. The molecule has 0 aliphatic heterocycles. The highest BCUT2D eigenvalue weighted by molar-refractivity contribution is 5.53. The minimum Gasteiger partial charge on any atom is -0.283 e. The van der Waals surface area contributed by atoms with Crippen molar-refractivity contribution in [3.63, 3.8) is 0 Å². The third-order valence-corrected chi connectivity index (χ3v) is 3.04. The number of aromatic nitrogens is 5. The van der Waals surface area contributed by atoms with Gasteiger partial charge in [-0.1, -0.05) is 10.7 Å². The van der Waals surface area contributed by atoms with E-state index in [1.807, 2.05) is 47.3 Å². The van der Waals surface area contributed by atoms with Crippen LogP contribution in [0.5, 0.6) is 0 Å². The van der Waals surface area contributed by atoms with E-state index >= 15 is 0 Å². The van der Waals surface area contributed by atoms with Gasteiger partial charge in [-0.2, -0.15) is 0 Å². The summed E-state index contributed by atoms with van der Waals surface area (Å²) in [6, 6.07) is 12.2. The van der Waals surface area contributed by atoms with Crippen molar-refractivity contribution in [2.24, 2.45) is 0 Å². The fraction of sp³-hybridized carbons (Fsp3) is 0.